The average Bonchev–Trinajstić information content (AvgIpc) is 3.71. The third kappa shape index (κ3) is 10.7. The quantitative estimate of drug-likeness (QED) is 0.112. The van der Waals surface area contributed by atoms with Crippen LogP contribution in [-0.4, -0.2) is 47.2 Å². The molecule has 0 spiro atoms. The van der Waals surface area contributed by atoms with Gasteiger partial charge in [-0.05, 0) is 114 Å². The summed E-state index contributed by atoms with van der Waals surface area (Å²) in [5.74, 6) is 0.693. The maximum absolute atomic E-state index is 12.5. The fraction of sp³-hybridized carbons (Fsp3) is 0.242. The fourth-order valence-corrected chi connectivity index (χ4v) is 10.8. The van der Waals surface area contributed by atoms with Gasteiger partial charge in [0.1, 0.15) is 11.5 Å². The number of phenols is 2. The number of nitrogens with zero attached hydrogens (tertiary/aromatic N) is 2. The predicted molar refractivity (Wildman–Crippen MR) is 294 cm³/mol. The van der Waals surface area contributed by atoms with E-state index in [9.17, 15) is 10.2 Å². The molecule has 0 heterocycles. The molecule has 0 aromatic heterocycles. The molecular weight excluding hydrogens is 901 g/mol. The van der Waals surface area contributed by atoms with Crippen molar-refractivity contribution in [3.63, 3.8) is 0 Å². The maximum Gasteiger partial charge on any atom is 3.00 e. The minimum Gasteiger partial charge on any atom is -0.507 e. The van der Waals surface area contributed by atoms with Crippen molar-refractivity contribution in [1.82, 2.24) is 9.80 Å². The molecule has 4 nitrogen and oxygen atoms in total. The first-order chi connectivity index (χ1) is 33.4. The third-order valence-corrected chi connectivity index (χ3v) is 14.5. The smallest absolute Gasteiger partial charge is 0.507 e. The standard InChI is InChI=1S/C52H56N2O2.2C7H7.Ti/c1-31-11-15-43-39(23-31)40-24-32(2)12-16-44(40)51(43,7)47-27-35(5)21-37(49(47)55)29-54(20-19-53(9)10)30-38-22-36(6)28-48(50(38)56)52(8)45-17-13-33(3)25-41(45)42-26-34(4)14-18-46(42)52;2*1-7-5-3-2-4-6-7;/h11-18,21-28,55-56H,19-20,29-30H2,1-10H3;2*2-6H,1H2;/q;2*-1;+3. The summed E-state index contributed by atoms with van der Waals surface area (Å²) < 4.78 is 0. The summed E-state index contributed by atoms with van der Waals surface area (Å²) >= 11 is 0. The van der Waals surface area contributed by atoms with E-state index in [4.69, 9.17) is 0 Å². The Labute approximate surface area is 440 Å². The molecule has 5 heteroatoms. The van der Waals surface area contributed by atoms with Gasteiger partial charge in [0.05, 0.1) is 0 Å². The van der Waals surface area contributed by atoms with Gasteiger partial charge in [-0.25, -0.2) is 0 Å². The molecule has 0 amide bonds. The molecule has 359 valence electrons. The summed E-state index contributed by atoms with van der Waals surface area (Å²) in [5.41, 5.74) is 21.8. The normalized spacial score (nSPS) is 13.2. The zero-order valence-corrected chi connectivity index (χ0v) is 45.1. The van der Waals surface area contributed by atoms with Gasteiger partial charge in [0.15, 0.2) is 0 Å². The first kappa shape index (κ1) is 52.6. The number of aryl methyl sites for hydroxylation is 6. The van der Waals surface area contributed by atoms with Crippen molar-refractivity contribution in [2.24, 2.45) is 0 Å². The summed E-state index contributed by atoms with van der Waals surface area (Å²) in [6, 6.07) is 55.4. The Morgan fingerprint density at radius 1 is 0.394 bits per heavy atom. The minimum atomic E-state index is -0.518. The molecule has 0 saturated heterocycles. The van der Waals surface area contributed by atoms with Crippen LogP contribution in [-0.2, 0) is 45.6 Å². The molecule has 8 aromatic rings. The molecule has 0 atom stereocenters. The van der Waals surface area contributed by atoms with Crippen LogP contribution in [0.5, 0.6) is 11.5 Å². The van der Waals surface area contributed by atoms with E-state index in [1.807, 2.05) is 60.7 Å². The zero-order valence-electron chi connectivity index (χ0n) is 43.5. The monoisotopic (exact) mass is 970 g/mol. The van der Waals surface area contributed by atoms with E-state index >= 15 is 0 Å². The van der Waals surface area contributed by atoms with Crippen LogP contribution in [0.15, 0.2) is 158 Å². The molecule has 0 aliphatic heterocycles. The first-order valence-electron chi connectivity index (χ1n) is 24.6. The Kier molecular flexibility index (Phi) is 16.0. The Morgan fingerprint density at radius 3 is 0.972 bits per heavy atom. The molecule has 2 aliphatic rings. The van der Waals surface area contributed by atoms with Crippen molar-refractivity contribution in [2.75, 3.05) is 27.2 Å². The van der Waals surface area contributed by atoms with Crippen LogP contribution >= 0.6 is 0 Å². The Hall–Kier alpha value is -6.27. The van der Waals surface area contributed by atoms with E-state index in [0.29, 0.717) is 24.6 Å². The van der Waals surface area contributed by atoms with Gasteiger partial charge >= 0.3 is 21.7 Å². The van der Waals surface area contributed by atoms with Crippen LogP contribution in [0.25, 0.3) is 22.3 Å². The van der Waals surface area contributed by atoms with E-state index in [1.54, 1.807) is 0 Å². The van der Waals surface area contributed by atoms with Gasteiger partial charge in [0.25, 0.3) is 0 Å². The number of hydrogen-bond acceptors (Lipinski definition) is 4. The summed E-state index contributed by atoms with van der Waals surface area (Å²) in [4.78, 5) is 4.58. The van der Waals surface area contributed by atoms with E-state index < -0.39 is 10.8 Å². The SMILES string of the molecule is Cc1ccc2c(c1)-c1cc(C)ccc1C2(C)c1cc(C)cc(CN(CCN(C)C)Cc2cc(C)cc(C3(C)c4ccc(C)cc4-c4cc(C)ccc43)c2O)c1O.[CH2-]c1ccccc1.[CH2-]c1ccccc1.[Ti+3]. The van der Waals surface area contributed by atoms with Crippen LogP contribution in [0, 0.1) is 55.4 Å². The molecule has 0 unspecified atom stereocenters. The van der Waals surface area contributed by atoms with Gasteiger partial charge in [-0.15, -0.1) is 24.3 Å². The van der Waals surface area contributed by atoms with Crippen molar-refractivity contribution < 1.29 is 31.9 Å². The molecule has 10 rings (SSSR count). The summed E-state index contributed by atoms with van der Waals surface area (Å²) in [6.07, 6.45) is 0. The molecule has 0 bridgehead atoms. The largest absolute Gasteiger partial charge is 3.00 e. The molecule has 0 saturated carbocycles. The fourth-order valence-electron chi connectivity index (χ4n) is 10.8. The van der Waals surface area contributed by atoms with Crippen LogP contribution in [0.4, 0.5) is 0 Å². The van der Waals surface area contributed by atoms with Crippen molar-refractivity contribution in [3.05, 3.63) is 261 Å². The topological polar surface area (TPSA) is 46.9 Å². The maximum atomic E-state index is 12.5. The van der Waals surface area contributed by atoms with Gasteiger partial charge in [-0.1, -0.05) is 143 Å². The second-order valence-electron chi connectivity index (χ2n) is 20.6. The Bertz CT molecular complexity index is 2860. The summed E-state index contributed by atoms with van der Waals surface area (Å²) in [5, 5.41) is 24.9. The number of phenolic OH excluding ortho intramolecular Hbond substituents is 2. The molecule has 2 aliphatic carbocycles. The van der Waals surface area contributed by atoms with Gasteiger partial charge in [0.2, 0.25) is 0 Å². The van der Waals surface area contributed by atoms with Crippen molar-refractivity contribution in [3.8, 4) is 33.8 Å². The van der Waals surface area contributed by atoms with Gasteiger partial charge in [-0.3, -0.25) is 4.90 Å². The van der Waals surface area contributed by atoms with Gasteiger partial charge in [0, 0.05) is 59.3 Å². The van der Waals surface area contributed by atoms with Crippen molar-refractivity contribution in [1.29, 1.82) is 0 Å². The minimum absolute atomic E-state index is 0. The van der Waals surface area contributed by atoms with Gasteiger partial charge in [-0.2, -0.15) is 49.2 Å². The Morgan fingerprint density at radius 2 is 0.704 bits per heavy atom. The third-order valence-electron chi connectivity index (χ3n) is 14.5. The van der Waals surface area contributed by atoms with E-state index in [1.165, 1.54) is 66.8 Å². The number of benzene rings is 8. The van der Waals surface area contributed by atoms with E-state index in [0.717, 1.165) is 57.6 Å². The number of likely N-dealkylation sites (N-methyl/N-ethyl adjacent to an activating group) is 1. The van der Waals surface area contributed by atoms with E-state index in [2.05, 4.69) is 190 Å². The van der Waals surface area contributed by atoms with Crippen LogP contribution in [0.1, 0.15) is 103 Å². The number of fused-ring (bicyclic) bond motifs is 6. The Balaban J connectivity index is 0.000000425. The molecule has 0 fully saturated rings. The van der Waals surface area contributed by atoms with Crippen LogP contribution < -0.4 is 0 Å². The van der Waals surface area contributed by atoms with E-state index in [-0.39, 0.29) is 21.7 Å². The molecular formula is C66H70N2O2Ti+. The summed E-state index contributed by atoms with van der Waals surface area (Å²) in [7, 11) is 4.20. The average molecular weight is 971 g/mol. The predicted octanol–water partition coefficient (Wildman–Crippen LogP) is 14.9. The molecule has 2 N–H and O–H groups in total. The summed E-state index contributed by atoms with van der Waals surface area (Å²) in [6.45, 7) is 27.6. The van der Waals surface area contributed by atoms with Crippen molar-refractivity contribution >= 4 is 0 Å². The van der Waals surface area contributed by atoms with Crippen LogP contribution in [0.3, 0.4) is 0 Å². The second-order valence-corrected chi connectivity index (χ2v) is 20.6. The zero-order chi connectivity index (χ0) is 50.1. The number of aromatic hydroxyl groups is 2. The second kappa shape index (κ2) is 21.6. The molecule has 8 aromatic carbocycles. The first-order valence-corrected chi connectivity index (χ1v) is 24.6. The van der Waals surface area contributed by atoms with Crippen molar-refractivity contribution in [2.45, 2.75) is 79.3 Å². The van der Waals surface area contributed by atoms with Crippen LogP contribution in [0.2, 0.25) is 0 Å². The number of hydrogen-bond donors (Lipinski definition) is 2. The molecule has 1 radical (unpaired) electrons. The molecule has 71 heavy (non-hydrogen) atoms. The van der Waals surface area contributed by atoms with Gasteiger partial charge < -0.3 is 15.1 Å². The number of rotatable bonds is 9.